The lowest BCUT2D eigenvalue weighted by molar-refractivity contribution is 0.143. The van der Waals surface area contributed by atoms with Gasteiger partial charge in [-0.25, -0.2) is 15.0 Å². The minimum Gasteiger partial charge on any atom is -0.383 e. The fourth-order valence-electron chi connectivity index (χ4n) is 2.58. The van der Waals surface area contributed by atoms with Gasteiger partial charge in [-0.2, -0.15) is 0 Å². The second-order valence-electron chi connectivity index (χ2n) is 6.42. The summed E-state index contributed by atoms with van der Waals surface area (Å²) in [5.74, 6) is 5.92. The summed E-state index contributed by atoms with van der Waals surface area (Å²) in [7, 11) is 1.67. The Labute approximate surface area is 151 Å². The Morgan fingerprint density at radius 3 is 2.85 bits per heavy atom. The summed E-state index contributed by atoms with van der Waals surface area (Å²) in [4.78, 5) is 12.7. The highest BCUT2D eigenvalue weighted by atomic mass is 16.5. The quantitative estimate of drug-likeness (QED) is 0.696. The number of aliphatic hydroxyl groups is 1. The molecule has 0 aliphatic heterocycles. The first-order valence-electron chi connectivity index (χ1n) is 8.19. The summed E-state index contributed by atoms with van der Waals surface area (Å²) in [5.41, 5.74) is 7.83. The molecule has 0 aliphatic rings. The number of methoxy groups -OCH3 is 1. The molecule has 0 atom stereocenters. The molecule has 0 unspecified atom stereocenters. The highest BCUT2D eigenvalue weighted by molar-refractivity contribution is 5.95. The molecule has 0 bridgehead atoms. The fourth-order valence-corrected chi connectivity index (χ4v) is 2.58. The average Bonchev–Trinajstić information content (AvgIpc) is 2.95. The van der Waals surface area contributed by atoms with Crippen LogP contribution in [0.2, 0.25) is 0 Å². The van der Waals surface area contributed by atoms with Crippen molar-refractivity contribution in [2.24, 2.45) is 0 Å². The molecular weight excluding hydrogens is 330 g/mol. The molecule has 0 saturated heterocycles. The molecule has 0 amide bonds. The Hall–Kier alpha value is -2.95. The van der Waals surface area contributed by atoms with Crippen LogP contribution in [0, 0.1) is 11.8 Å². The van der Waals surface area contributed by atoms with Crippen LogP contribution in [0.1, 0.15) is 19.5 Å². The average molecular weight is 351 g/mol. The Balaban J connectivity index is 2.16. The first-order valence-corrected chi connectivity index (χ1v) is 8.19. The van der Waals surface area contributed by atoms with Gasteiger partial charge < -0.3 is 20.1 Å². The van der Waals surface area contributed by atoms with Crippen molar-refractivity contribution in [3.63, 3.8) is 0 Å². The van der Waals surface area contributed by atoms with Gasteiger partial charge in [0.25, 0.3) is 0 Å². The molecule has 0 saturated carbocycles. The van der Waals surface area contributed by atoms with Gasteiger partial charge in [-0.3, -0.25) is 0 Å². The topological polar surface area (TPSA) is 99.1 Å². The molecule has 3 aromatic heterocycles. The number of anilines is 1. The van der Waals surface area contributed by atoms with E-state index in [4.69, 9.17) is 10.5 Å². The number of nitrogens with two attached hydrogens (primary N) is 1. The van der Waals surface area contributed by atoms with Gasteiger partial charge in [0.05, 0.1) is 24.0 Å². The number of aromatic nitrogens is 4. The van der Waals surface area contributed by atoms with Crippen molar-refractivity contribution in [2.75, 3.05) is 19.5 Å². The molecule has 0 radical (unpaired) electrons. The number of fused-ring (bicyclic) bond motifs is 1. The highest BCUT2D eigenvalue weighted by Gasteiger charge is 2.13. The van der Waals surface area contributed by atoms with Gasteiger partial charge in [0, 0.05) is 37.0 Å². The molecule has 0 aliphatic carbocycles. The summed E-state index contributed by atoms with van der Waals surface area (Å²) in [6.07, 6.45) is 5.40. The van der Waals surface area contributed by atoms with Crippen LogP contribution < -0.4 is 5.73 Å². The monoisotopic (exact) mass is 351 g/mol. The van der Waals surface area contributed by atoms with Crippen LogP contribution in [0.15, 0.2) is 30.7 Å². The SMILES string of the molecule is COCCn1cc(-c2ccnc(N)n2)c2cc(C#CC(C)(C)O)ncc21. The van der Waals surface area contributed by atoms with Crippen LogP contribution in [0.3, 0.4) is 0 Å². The predicted molar refractivity (Wildman–Crippen MR) is 100 cm³/mol. The first kappa shape index (κ1) is 17.9. The number of hydrogen-bond donors (Lipinski definition) is 2. The summed E-state index contributed by atoms with van der Waals surface area (Å²) in [6.45, 7) is 4.53. The van der Waals surface area contributed by atoms with Gasteiger partial charge in [-0.1, -0.05) is 5.92 Å². The largest absolute Gasteiger partial charge is 0.383 e. The lowest BCUT2D eigenvalue weighted by atomic mass is 10.1. The summed E-state index contributed by atoms with van der Waals surface area (Å²) >= 11 is 0. The second kappa shape index (κ2) is 7.12. The third kappa shape index (κ3) is 3.99. The van der Waals surface area contributed by atoms with E-state index in [2.05, 4.69) is 31.4 Å². The van der Waals surface area contributed by atoms with Gasteiger partial charge in [-0.05, 0) is 31.9 Å². The van der Waals surface area contributed by atoms with E-state index in [-0.39, 0.29) is 5.95 Å². The van der Waals surface area contributed by atoms with E-state index < -0.39 is 5.60 Å². The molecular formula is C19H21N5O2. The third-order valence-electron chi connectivity index (χ3n) is 3.75. The Morgan fingerprint density at radius 1 is 1.35 bits per heavy atom. The van der Waals surface area contributed by atoms with Crippen LogP contribution in [0.5, 0.6) is 0 Å². The van der Waals surface area contributed by atoms with Crippen LogP contribution in [0.4, 0.5) is 5.95 Å². The number of rotatable bonds is 4. The predicted octanol–water partition coefficient (Wildman–Crippen LogP) is 1.84. The van der Waals surface area contributed by atoms with Crippen molar-refractivity contribution in [1.82, 2.24) is 19.5 Å². The van der Waals surface area contributed by atoms with E-state index in [0.29, 0.717) is 18.8 Å². The smallest absolute Gasteiger partial charge is 0.220 e. The maximum absolute atomic E-state index is 9.81. The summed E-state index contributed by atoms with van der Waals surface area (Å²) in [5, 5.41) is 10.8. The first-order chi connectivity index (χ1) is 12.4. The molecule has 3 aromatic rings. The molecule has 3 rings (SSSR count). The van der Waals surface area contributed by atoms with Crippen LogP contribution in [0.25, 0.3) is 22.2 Å². The minimum absolute atomic E-state index is 0.219. The van der Waals surface area contributed by atoms with E-state index >= 15 is 0 Å². The Bertz CT molecular complexity index is 993. The van der Waals surface area contributed by atoms with Gasteiger partial charge in [0.2, 0.25) is 5.95 Å². The summed E-state index contributed by atoms with van der Waals surface area (Å²) < 4.78 is 7.25. The van der Waals surface area contributed by atoms with Crippen molar-refractivity contribution in [2.45, 2.75) is 26.0 Å². The number of nitrogen functional groups attached to an aromatic ring is 1. The van der Waals surface area contributed by atoms with Crippen molar-refractivity contribution < 1.29 is 9.84 Å². The van der Waals surface area contributed by atoms with Crippen LogP contribution in [-0.4, -0.2) is 43.9 Å². The molecule has 3 heterocycles. The molecule has 26 heavy (non-hydrogen) atoms. The van der Waals surface area contributed by atoms with Crippen molar-refractivity contribution >= 4 is 16.9 Å². The number of hydrogen-bond acceptors (Lipinski definition) is 6. The zero-order valence-corrected chi connectivity index (χ0v) is 15.0. The minimum atomic E-state index is -1.08. The second-order valence-corrected chi connectivity index (χ2v) is 6.42. The molecule has 0 aromatic carbocycles. The van der Waals surface area contributed by atoms with Gasteiger partial charge in [0.15, 0.2) is 0 Å². The standard InChI is InChI=1S/C19H21N5O2/c1-19(2,25)6-4-13-10-14-15(16-5-7-21-18(20)23-16)12-24(8-9-26-3)17(14)11-22-13/h5,7,10-12,25H,8-9H2,1-3H3,(H2,20,21,23). The molecule has 0 spiro atoms. The zero-order valence-electron chi connectivity index (χ0n) is 15.0. The van der Waals surface area contributed by atoms with Crippen LogP contribution in [-0.2, 0) is 11.3 Å². The highest BCUT2D eigenvalue weighted by Crippen LogP contribution is 2.29. The van der Waals surface area contributed by atoms with E-state index in [1.165, 1.54) is 0 Å². The van der Waals surface area contributed by atoms with Crippen molar-refractivity contribution in [3.8, 4) is 23.1 Å². The Kier molecular flexibility index (Phi) is 4.89. The zero-order chi connectivity index (χ0) is 18.7. The fraction of sp³-hybridized carbons (Fsp3) is 0.316. The molecule has 7 heteroatoms. The van der Waals surface area contributed by atoms with E-state index in [0.717, 1.165) is 22.2 Å². The number of pyridine rings is 1. The molecule has 7 nitrogen and oxygen atoms in total. The maximum atomic E-state index is 9.81. The number of ether oxygens (including phenoxy) is 1. The maximum Gasteiger partial charge on any atom is 0.220 e. The molecule has 134 valence electrons. The van der Waals surface area contributed by atoms with Crippen molar-refractivity contribution in [3.05, 3.63) is 36.4 Å². The lowest BCUT2D eigenvalue weighted by Gasteiger charge is -2.06. The normalized spacial score (nSPS) is 11.4. The van der Waals surface area contributed by atoms with E-state index in [9.17, 15) is 5.11 Å². The van der Waals surface area contributed by atoms with Gasteiger partial charge >= 0.3 is 0 Å². The lowest BCUT2D eigenvalue weighted by Crippen LogP contribution is -2.14. The van der Waals surface area contributed by atoms with E-state index in [1.807, 2.05) is 18.3 Å². The molecule has 0 fully saturated rings. The number of nitrogens with zero attached hydrogens (tertiary/aromatic N) is 4. The Morgan fingerprint density at radius 2 is 2.15 bits per heavy atom. The van der Waals surface area contributed by atoms with Crippen molar-refractivity contribution in [1.29, 1.82) is 0 Å². The summed E-state index contributed by atoms with van der Waals surface area (Å²) in [6, 6.07) is 3.71. The van der Waals surface area contributed by atoms with E-state index in [1.54, 1.807) is 33.4 Å². The van der Waals surface area contributed by atoms with Crippen LogP contribution >= 0.6 is 0 Å². The van der Waals surface area contributed by atoms with Gasteiger partial charge in [0.1, 0.15) is 11.3 Å². The molecule has 3 N–H and O–H groups in total. The third-order valence-corrected chi connectivity index (χ3v) is 3.75. The van der Waals surface area contributed by atoms with Gasteiger partial charge in [-0.15, -0.1) is 0 Å².